The fourth-order valence-corrected chi connectivity index (χ4v) is 3.19. The van der Waals surface area contributed by atoms with Crippen LogP contribution >= 0.6 is 11.8 Å². The highest BCUT2D eigenvalue weighted by molar-refractivity contribution is 7.98. The Morgan fingerprint density at radius 2 is 2.50 bits per heavy atom. The van der Waals surface area contributed by atoms with Gasteiger partial charge in [-0.3, -0.25) is 0 Å². The monoisotopic (exact) mass is 269 g/mol. The summed E-state index contributed by atoms with van der Waals surface area (Å²) in [7, 11) is 0. The Balaban J connectivity index is 2.02. The van der Waals surface area contributed by atoms with Crippen LogP contribution in [0.1, 0.15) is 25.1 Å². The Bertz CT molecular complexity index is 363. The average Bonchev–Trinajstić information content (AvgIpc) is 2.98. The maximum atomic E-state index is 6.35. The summed E-state index contributed by atoms with van der Waals surface area (Å²) in [5.74, 6) is 2.25. The first kappa shape index (κ1) is 13.9. The highest BCUT2D eigenvalue weighted by Crippen LogP contribution is 2.26. The van der Waals surface area contributed by atoms with Crippen LogP contribution in [0.5, 0.6) is 0 Å². The third kappa shape index (κ3) is 3.28. The molecule has 2 N–H and O–H groups in total. The van der Waals surface area contributed by atoms with Crippen molar-refractivity contribution in [1.29, 1.82) is 0 Å². The van der Waals surface area contributed by atoms with Gasteiger partial charge in [-0.2, -0.15) is 11.8 Å². The van der Waals surface area contributed by atoms with E-state index in [0.29, 0.717) is 11.8 Å². The van der Waals surface area contributed by atoms with Crippen molar-refractivity contribution in [3.05, 3.63) is 18.2 Å². The number of nitrogens with two attached hydrogens (primary N) is 1. The molecule has 4 nitrogen and oxygen atoms in total. The molecule has 5 heteroatoms. The third-order valence-corrected chi connectivity index (χ3v) is 4.42. The number of nitrogens with zero attached hydrogens (tertiary/aromatic N) is 2. The molecule has 1 aliphatic rings. The largest absolute Gasteiger partial charge is 0.381 e. The lowest BCUT2D eigenvalue weighted by Gasteiger charge is -2.21. The highest BCUT2D eigenvalue weighted by atomic mass is 32.2. The Morgan fingerprint density at radius 3 is 3.17 bits per heavy atom. The summed E-state index contributed by atoms with van der Waals surface area (Å²) in [4.78, 5) is 4.26. The molecule has 2 rings (SSSR count). The molecule has 3 unspecified atom stereocenters. The number of thioether (sulfide) groups is 1. The van der Waals surface area contributed by atoms with E-state index in [2.05, 4.69) is 22.7 Å². The van der Waals surface area contributed by atoms with Crippen molar-refractivity contribution in [2.75, 3.05) is 25.2 Å². The van der Waals surface area contributed by atoms with E-state index in [1.54, 1.807) is 0 Å². The second-order valence-corrected chi connectivity index (χ2v) is 6.09. The predicted octanol–water partition coefficient (Wildman–Crippen LogP) is 1.92. The molecule has 1 aromatic rings. The van der Waals surface area contributed by atoms with Gasteiger partial charge in [0.05, 0.1) is 24.7 Å². The van der Waals surface area contributed by atoms with Crippen molar-refractivity contribution in [3.8, 4) is 0 Å². The molecule has 1 saturated heterocycles. The van der Waals surface area contributed by atoms with Gasteiger partial charge in [0.2, 0.25) is 0 Å². The molecular formula is C13H23N3OS. The fourth-order valence-electron chi connectivity index (χ4n) is 2.51. The van der Waals surface area contributed by atoms with Crippen LogP contribution in [0, 0.1) is 11.8 Å². The molecule has 3 atom stereocenters. The Morgan fingerprint density at radius 1 is 1.67 bits per heavy atom. The molecule has 18 heavy (non-hydrogen) atoms. The fraction of sp³-hybridized carbons (Fsp3) is 0.769. The van der Waals surface area contributed by atoms with Crippen molar-refractivity contribution < 1.29 is 4.74 Å². The summed E-state index contributed by atoms with van der Waals surface area (Å²) in [6.07, 6.45) is 7.02. The standard InChI is InChI=1S/C13H23N3OS/c1-10(8-18-2)6-16-9-15-5-12(16)13(14)11-3-4-17-7-11/h5,9-11,13H,3-4,6-8,14H2,1-2H3. The van der Waals surface area contributed by atoms with Crippen LogP contribution in [-0.4, -0.2) is 34.8 Å². The van der Waals surface area contributed by atoms with Crippen LogP contribution in [0.4, 0.5) is 0 Å². The lowest BCUT2D eigenvalue weighted by atomic mass is 9.97. The molecule has 0 amide bonds. The number of ether oxygens (including phenoxy) is 1. The molecule has 0 aromatic carbocycles. The van der Waals surface area contributed by atoms with E-state index in [1.165, 1.54) is 5.75 Å². The zero-order valence-corrected chi connectivity index (χ0v) is 12.0. The van der Waals surface area contributed by atoms with Crippen LogP contribution < -0.4 is 5.73 Å². The molecule has 0 radical (unpaired) electrons. The van der Waals surface area contributed by atoms with E-state index in [1.807, 2.05) is 24.3 Å². The van der Waals surface area contributed by atoms with Crippen molar-refractivity contribution >= 4 is 11.8 Å². The summed E-state index contributed by atoms with van der Waals surface area (Å²) in [6, 6.07) is 0.0523. The van der Waals surface area contributed by atoms with Gasteiger partial charge in [0.15, 0.2) is 0 Å². The van der Waals surface area contributed by atoms with E-state index in [-0.39, 0.29) is 6.04 Å². The normalized spacial score (nSPS) is 23.2. The van der Waals surface area contributed by atoms with Crippen LogP contribution in [0.25, 0.3) is 0 Å². The lowest BCUT2D eigenvalue weighted by molar-refractivity contribution is 0.180. The van der Waals surface area contributed by atoms with Gasteiger partial charge in [0.25, 0.3) is 0 Å². The zero-order valence-electron chi connectivity index (χ0n) is 11.2. The van der Waals surface area contributed by atoms with Crippen molar-refractivity contribution in [2.45, 2.75) is 25.9 Å². The number of hydrogen-bond donors (Lipinski definition) is 1. The molecule has 0 saturated carbocycles. The van der Waals surface area contributed by atoms with Crippen LogP contribution in [0.3, 0.4) is 0 Å². The van der Waals surface area contributed by atoms with Crippen molar-refractivity contribution in [2.24, 2.45) is 17.6 Å². The Kier molecular flexibility index (Phi) is 5.09. The molecular weight excluding hydrogens is 246 g/mol. The minimum Gasteiger partial charge on any atom is -0.381 e. The van der Waals surface area contributed by atoms with Crippen molar-refractivity contribution in [3.63, 3.8) is 0 Å². The molecule has 1 aromatic heterocycles. The van der Waals surface area contributed by atoms with E-state index in [0.717, 1.165) is 31.9 Å². The molecule has 1 fully saturated rings. The van der Waals surface area contributed by atoms with Crippen LogP contribution in [0.15, 0.2) is 12.5 Å². The molecule has 0 aliphatic carbocycles. The first-order valence-corrected chi connectivity index (χ1v) is 7.94. The second-order valence-electron chi connectivity index (χ2n) is 5.18. The Hall–Kier alpha value is -0.520. The second kappa shape index (κ2) is 6.59. The van der Waals surface area contributed by atoms with Gasteiger partial charge in [0.1, 0.15) is 0 Å². The maximum absolute atomic E-state index is 6.35. The molecule has 0 spiro atoms. The molecule has 2 heterocycles. The Labute approximate surface area is 113 Å². The van der Waals surface area contributed by atoms with E-state index >= 15 is 0 Å². The first-order valence-electron chi connectivity index (χ1n) is 6.54. The van der Waals surface area contributed by atoms with Gasteiger partial charge in [-0.1, -0.05) is 6.92 Å². The predicted molar refractivity (Wildman–Crippen MR) is 75.6 cm³/mol. The van der Waals surface area contributed by atoms with Gasteiger partial charge < -0.3 is 15.0 Å². The van der Waals surface area contributed by atoms with Crippen LogP contribution in [-0.2, 0) is 11.3 Å². The van der Waals surface area contributed by atoms with Gasteiger partial charge in [-0.05, 0) is 24.3 Å². The average molecular weight is 269 g/mol. The van der Waals surface area contributed by atoms with E-state index in [4.69, 9.17) is 10.5 Å². The summed E-state index contributed by atoms with van der Waals surface area (Å²) in [5, 5.41) is 0. The van der Waals surface area contributed by atoms with Gasteiger partial charge in [-0.25, -0.2) is 4.98 Å². The SMILES string of the molecule is CSCC(C)Cn1cncc1C(N)C1CCOC1. The minimum absolute atomic E-state index is 0.0523. The zero-order chi connectivity index (χ0) is 13.0. The molecule has 0 bridgehead atoms. The number of imidazole rings is 1. The first-order chi connectivity index (χ1) is 8.72. The molecule has 102 valence electrons. The van der Waals surface area contributed by atoms with Gasteiger partial charge in [-0.15, -0.1) is 0 Å². The van der Waals surface area contributed by atoms with E-state index in [9.17, 15) is 0 Å². The summed E-state index contributed by atoms with van der Waals surface area (Å²) < 4.78 is 7.63. The van der Waals surface area contributed by atoms with Crippen LogP contribution in [0.2, 0.25) is 0 Å². The number of rotatable bonds is 6. The maximum Gasteiger partial charge on any atom is 0.0948 e. The summed E-state index contributed by atoms with van der Waals surface area (Å²) in [5.41, 5.74) is 7.50. The smallest absolute Gasteiger partial charge is 0.0948 e. The number of hydrogen-bond acceptors (Lipinski definition) is 4. The number of aromatic nitrogens is 2. The molecule has 1 aliphatic heterocycles. The van der Waals surface area contributed by atoms with Gasteiger partial charge >= 0.3 is 0 Å². The summed E-state index contributed by atoms with van der Waals surface area (Å²) >= 11 is 1.89. The van der Waals surface area contributed by atoms with Crippen molar-refractivity contribution in [1.82, 2.24) is 9.55 Å². The van der Waals surface area contributed by atoms with Gasteiger partial charge in [0, 0.05) is 25.3 Å². The third-order valence-electron chi connectivity index (χ3n) is 3.52. The summed E-state index contributed by atoms with van der Waals surface area (Å²) in [6.45, 7) is 4.89. The highest BCUT2D eigenvalue weighted by Gasteiger charge is 2.26. The topological polar surface area (TPSA) is 53.1 Å². The minimum atomic E-state index is 0.0523. The van der Waals surface area contributed by atoms with E-state index < -0.39 is 0 Å². The lowest BCUT2D eigenvalue weighted by Crippen LogP contribution is -2.25. The quantitative estimate of drug-likeness (QED) is 0.857.